The van der Waals surface area contributed by atoms with Gasteiger partial charge in [0, 0.05) is 12.0 Å². The van der Waals surface area contributed by atoms with Crippen molar-refractivity contribution < 1.29 is 18.3 Å². The van der Waals surface area contributed by atoms with Crippen LogP contribution in [0.15, 0.2) is 11.5 Å². The molecule has 0 aromatic rings. The van der Waals surface area contributed by atoms with Crippen LogP contribution in [0.1, 0.15) is 13.3 Å². The third kappa shape index (κ3) is 2.24. The van der Waals surface area contributed by atoms with Crippen LogP contribution in [0.5, 0.6) is 0 Å². The first-order valence-electron chi connectivity index (χ1n) is 3.97. The summed E-state index contributed by atoms with van der Waals surface area (Å²) in [5.41, 5.74) is -0.738. The lowest BCUT2D eigenvalue weighted by atomic mass is 9.87. The lowest BCUT2D eigenvalue weighted by Crippen LogP contribution is -2.58. The number of likely N-dealkylation sites (tertiary alicyclic amines) is 1. The van der Waals surface area contributed by atoms with E-state index in [2.05, 4.69) is 0 Å². The second-order valence-corrected chi connectivity index (χ2v) is 4.88. The number of carbonyl (C=O) groups is 1. The molecule has 1 aliphatic rings. The van der Waals surface area contributed by atoms with E-state index in [1.165, 1.54) is 6.08 Å². The SMILES string of the molecule is C[C@@]1(/C=C/S(N)(=O)=O)CCN1C(=O)O. The second-order valence-electron chi connectivity index (χ2n) is 3.43. The van der Waals surface area contributed by atoms with Crippen molar-refractivity contribution in [3.63, 3.8) is 0 Å². The van der Waals surface area contributed by atoms with Gasteiger partial charge in [0.15, 0.2) is 0 Å². The fraction of sp³-hybridized carbons (Fsp3) is 0.571. The van der Waals surface area contributed by atoms with Crippen molar-refractivity contribution in [2.24, 2.45) is 5.14 Å². The Bertz CT molecular complexity index is 375. The van der Waals surface area contributed by atoms with Gasteiger partial charge in [0.2, 0.25) is 10.0 Å². The van der Waals surface area contributed by atoms with Gasteiger partial charge in [0.1, 0.15) is 0 Å². The molecule has 1 saturated heterocycles. The number of rotatable bonds is 2. The van der Waals surface area contributed by atoms with Crippen LogP contribution < -0.4 is 5.14 Å². The summed E-state index contributed by atoms with van der Waals surface area (Å²) in [6.07, 6.45) is 0.850. The Morgan fingerprint density at radius 1 is 1.64 bits per heavy atom. The first-order chi connectivity index (χ1) is 6.25. The first kappa shape index (κ1) is 11.0. The largest absolute Gasteiger partial charge is 0.465 e. The quantitative estimate of drug-likeness (QED) is 0.680. The fourth-order valence-corrected chi connectivity index (χ4v) is 1.79. The maximum Gasteiger partial charge on any atom is 0.407 e. The summed E-state index contributed by atoms with van der Waals surface area (Å²) in [6.45, 7) is 2.06. The van der Waals surface area contributed by atoms with E-state index in [-0.39, 0.29) is 0 Å². The summed E-state index contributed by atoms with van der Waals surface area (Å²) >= 11 is 0. The Morgan fingerprint density at radius 2 is 2.21 bits per heavy atom. The van der Waals surface area contributed by atoms with Gasteiger partial charge in [-0.25, -0.2) is 18.4 Å². The standard InChI is InChI=1S/C7H12N2O4S/c1-7(3-5-14(8,12)13)2-4-9(7)6(10)11/h3,5H,2,4H2,1H3,(H,10,11)(H2,8,12,13)/b5-3+/t7-/m0/s1. The van der Waals surface area contributed by atoms with E-state index in [1.54, 1.807) is 6.92 Å². The normalized spacial score (nSPS) is 27.7. The molecule has 6 nitrogen and oxygen atoms in total. The summed E-state index contributed by atoms with van der Waals surface area (Å²) < 4.78 is 21.2. The van der Waals surface area contributed by atoms with Crippen molar-refractivity contribution >= 4 is 16.1 Å². The molecule has 3 N–H and O–H groups in total. The number of hydrogen-bond acceptors (Lipinski definition) is 3. The summed E-state index contributed by atoms with van der Waals surface area (Å²) in [5.74, 6) is 0. The van der Waals surface area contributed by atoms with Crippen LogP contribution in [-0.4, -0.2) is 36.6 Å². The van der Waals surface area contributed by atoms with E-state index in [4.69, 9.17) is 10.2 Å². The summed E-state index contributed by atoms with van der Waals surface area (Å²) in [4.78, 5) is 11.8. The van der Waals surface area contributed by atoms with Gasteiger partial charge in [-0.15, -0.1) is 0 Å². The minimum absolute atomic E-state index is 0.417. The summed E-state index contributed by atoms with van der Waals surface area (Å²) in [7, 11) is -3.68. The van der Waals surface area contributed by atoms with Gasteiger partial charge in [-0.1, -0.05) is 0 Å². The zero-order chi connectivity index (χ0) is 11.0. The van der Waals surface area contributed by atoms with E-state index in [0.717, 1.165) is 10.3 Å². The zero-order valence-electron chi connectivity index (χ0n) is 7.67. The Labute approximate surface area is 82.0 Å². The van der Waals surface area contributed by atoms with Gasteiger partial charge in [-0.3, -0.25) is 4.90 Å². The number of nitrogens with two attached hydrogens (primary N) is 1. The minimum atomic E-state index is -3.68. The average molecular weight is 220 g/mol. The van der Waals surface area contributed by atoms with Gasteiger partial charge in [-0.2, -0.15) is 0 Å². The molecule has 0 spiro atoms. The molecule has 0 aliphatic carbocycles. The molecule has 0 saturated carbocycles. The predicted octanol–water partition coefficient (Wildman–Crippen LogP) is -0.0690. The van der Waals surface area contributed by atoms with Gasteiger partial charge in [0.05, 0.1) is 5.54 Å². The molecule has 0 aromatic heterocycles. The third-order valence-electron chi connectivity index (χ3n) is 2.31. The monoisotopic (exact) mass is 220 g/mol. The van der Waals surface area contributed by atoms with Crippen LogP contribution in [-0.2, 0) is 10.0 Å². The van der Waals surface area contributed by atoms with Gasteiger partial charge in [-0.05, 0) is 19.4 Å². The molecule has 1 aliphatic heterocycles. The molecule has 14 heavy (non-hydrogen) atoms. The first-order valence-corrected chi connectivity index (χ1v) is 5.58. The van der Waals surface area contributed by atoms with Crippen LogP contribution in [0.3, 0.4) is 0 Å². The molecule has 1 rings (SSSR count). The average Bonchev–Trinajstić information content (AvgIpc) is 1.95. The number of sulfonamides is 1. The van der Waals surface area contributed by atoms with E-state index in [9.17, 15) is 13.2 Å². The maximum absolute atomic E-state index is 10.6. The van der Waals surface area contributed by atoms with E-state index in [0.29, 0.717) is 13.0 Å². The molecule has 1 atom stereocenters. The summed E-state index contributed by atoms with van der Waals surface area (Å²) in [6, 6.07) is 0. The van der Waals surface area contributed by atoms with E-state index in [1.807, 2.05) is 0 Å². The topological polar surface area (TPSA) is 101 Å². The molecule has 0 unspecified atom stereocenters. The fourth-order valence-electron chi connectivity index (χ4n) is 1.31. The van der Waals surface area contributed by atoms with Crippen LogP contribution in [0.2, 0.25) is 0 Å². The number of amides is 1. The molecular weight excluding hydrogens is 208 g/mol. The van der Waals surface area contributed by atoms with Crippen LogP contribution in [0, 0.1) is 0 Å². The van der Waals surface area contributed by atoms with Crippen LogP contribution in [0.25, 0.3) is 0 Å². The lowest BCUT2D eigenvalue weighted by Gasteiger charge is -2.46. The van der Waals surface area contributed by atoms with Gasteiger partial charge < -0.3 is 5.11 Å². The zero-order valence-corrected chi connectivity index (χ0v) is 8.49. The highest BCUT2D eigenvalue weighted by atomic mass is 32.2. The van der Waals surface area contributed by atoms with Crippen molar-refractivity contribution in [2.75, 3.05) is 6.54 Å². The molecule has 0 bridgehead atoms. The van der Waals surface area contributed by atoms with Crippen molar-refractivity contribution in [1.82, 2.24) is 4.90 Å². The van der Waals surface area contributed by atoms with Gasteiger partial charge in [0.25, 0.3) is 0 Å². The highest BCUT2D eigenvalue weighted by Crippen LogP contribution is 2.31. The van der Waals surface area contributed by atoms with Crippen molar-refractivity contribution in [2.45, 2.75) is 18.9 Å². The number of carboxylic acid groups (broad SMARTS) is 1. The third-order valence-corrected chi connectivity index (χ3v) is 2.82. The Hall–Kier alpha value is -1.08. The highest BCUT2D eigenvalue weighted by Gasteiger charge is 2.41. The predicted molar refractivity (Wildman–Crippen MR) is 50.0 cm³/mol. The Kier molecular flexibility index (Phi) is 2.55. The summed E-state index contributed by atoms with van der Waals surface area (Å²) in [5, 5.41) is 14.3. The van der Waals surface area contributed by atoms with Crippen LogP contribution in [0.4, 0.5) is 4.79 Å². The second kappa shape index (κ2) is 3.25. The molecule has 1 heterocycles. The Balaban J connectivity index is 2.79. The van der Waals surface area contributed by atoms with E-state index >= 15 is 0 Å². The minimum Gasteiger partial charge on any atom is -0.465 e. The maximum atomic E-state index is 10.6. The molecule has 1 amide bonds. The van der Waals surface area contributed by atoms with Gasteiger partial charge >= 0.3 is 6.09 Å². The molecule has 1 fully saturated rings. The number of nitrogens with zero attached hydrogens (tertiary/aromatic N) is 1. The molecule has 7 heteroatoms. The van der Waals surface area contributed by atoms with Crippen molar-refractivity contribution in [3.05, 3.63) is 11.5 Å². The Morgan fingerprint density at radius 3 is 2.50 bits per heavy atom. The smallest absolute Gasteiger partial charge is 0.407 e. The molecular formula is C7H12N2O4S. The van der Waals surface area contributed by atoms with E-state index < -0.39 is 21.7 Å². The molecule has 0 radical (unpaired) electrons. The molecule has 80 valence electrons. The van der Waals surface area contributed by atoms with Crippen molar-refractivity contribution in [1.29, 1.82) is 0 Å². The highest BCUT2D eigenvalue weighted by molar-refractivity contribution is 7.92. The number of hydrogen-bond donors (Lipinski definition) is 2. The lowest BCUT2D eigenvalue weighted by molar-refractivity contribution is 0.0430. The van der Waals surface area contributed by atoms with Crippen LogP contribution >= 0.6 is 0 Å². The van der Waals surface area contributed by atoms with Crippen molar-refractivity contribution in [3.8, 4) is 0 Å². The number of primary sulfonamides is 1. The molecule has 0 aromatic carbocycles.